The molecular formula is C47H57BrN4O5. The molecule has 2 saturated heterocycles. The predicted molar refractivity (Wildman–Crippen MR) is 224 cm³/mol. The maximum Gasteiger partial charge on any atom is 0.411 e. The molecule has 5 aromatic rings. The van der Waals surface area contributed by atoms with Crippen molar-refractivity contribution in [2.45, 2.75) is 76.6 Å². The number of unbranched alkanes of at least 4 members (excludes halogenated alkanes) is 6. The summed E-state index contributed by atoms with van der Waals surface area (Å²) in [6, 6.07) is 34.9. The van der Waals surface area contributed by atoms with E-state index in [-0.39, 0.29) is 34.7 Å². The second-order valence-electron chi connectivity index (χ2n) is 15.7. The molecule has 2 bridgehead atoms. The zero-order valence-electron chi connectivity index (χ0n) is 32.8. The zero-order chi connectivity index (χ0) is 38.6. The molecule has 4 atom stereocenters. The first-order valence-electron chi connectivity index (χ1n) is 20.6. The number of halogens is 1. The number of pyridine rings is 1. The molecule has 2 fully saturated rings. The van der Waals surface area contributed by atoms with Gasteiger partial charge in [0.25, 0.3) is 0 Å². The van der Waals surface area contributed by atoms with Gasteiger partial charge < -0.3 is 46.3 Å². The number of carbonyl (C=O) groups is 1. The number of piperidine rings is 1. The molecule has 0 spiro atoms. The van der Waals surface area contributed by atoms with E-state index in [1.54, 1.807) is 6.07 Å². The van der Waals surface area contributed by atoms with E-state index in [2.05, 4.69) is 27.8 Å². The highest BCUT2D eigenvalue weighted by Gasteiger charge is 2.47. The Hall–Kier alpha value is -4.48. The zero-order valence-corrected chi connectivity index (χ0v) is 34.4. The van der Waals surface area contributed by atoms with Crippen LogP contribution in [0.25, 0.3) is 22.0 Å². The van der Waals surface area contributed by atoms with Gasteiger partial charge in [-0.3, -0.25) is 10.1 Å². The summed E-state index contributed by atoms with van der Waals surface area (Å²) in [5.41, 5.74) is 5.06. The first kappa shape index (κ1) is 42.1. The minimum Gasteiger partial charge on any atom is -1.00 e. The SMILES string of the molecule is O=C(Nc1ccccc1-c1ccccc1)OC1CC[N+]2(CCCCCCCCCNC[C@H](O)c3ccc(OCc4ccccc4)c4[nH]c(=O)ccc34)CCC1C2.[Br-]. The van der Waals surface area contributed by atoms with E-state index >= 15 is 0 Å². The lowest BCUT2D eigenvalue weighted by Crippen LogP contribution is -3.00. The van der Waals surface area contributed by atoms with Crippen molar-refractivity contribution in [3.63, 3.8) is 0 Å². The highest BCUT2D eigenvalue weighted by atomic mass is 79.9. The van der Waals surface area contributed by atoms with E-state index in [0.29, 0.717) is 30.3 Å². The molecule has 1 aromatic heterocycles. The van der Waals surface area contributed by atoms with Gasteiger partial charge >= 0.3 is 6.09 Å². The van der Waals surface area contributed by atoms with Crippen LogP contribution in [0.1, 0.15) is 75.0 Å². The molecule has 7 rings (SSSR count). The van der Waals surface area contributed by atoms with Crippen LogP contribution >= 0.6 is 0 Å². The Balaban J connectivity index is 0.00000549. The van der Waals surface area contributed by atoms with E-state index in [4.69, 9.17) is 9.47 Å². The second kappa shape index (κ2) is 20.8. The first-order chi connectivity index (χ1) is 27.5. The van der Waals surface area contributed by atoms with Crippen molar-refractivity contribution in [1.82, 2.24) is 10.3 Å². The number of benzene rings is 4. The van der Waals surface area contributed by atoms with Gasteiger partial charge in [-0.05, 0) is 60.7 Å². The maximum absolute atomic E-state index is 13.0. The van der Waals surface area contributed by atoms with Gasteiger partial charge in [0.1, 0.15) is 18.5 Å². The fourth-order valence-corrected chi connectivity index (χ4v) is 8.80. The lowest BCUT2D eigenvalue weighted by molar-refractivity contribution is -0.922. The number of fused-ring (bicyclic) bond motifs is 3. The average Bonchev–Trinajstić information content (AvgIpc) is 3.58. The lowest BCUT2D eigenvalue weighted by Gasteiger charge is -2.40. The molecule has 0 saturated carbocycles. The number of quaternary nitrogens is 1. The van der Waals surface area contributed by atoms with Crippen molar-refractivity contribution in [2.24, 2.45) is 5.92 Å². The Morgan fingerprint density at radius 1 is 0.807 bits per heavy atom. The van der Waals surface area contributed by atoms with Crippen molar-refractivity contribution in [1.29, 1.82) is 0 Å². The van der Waals surface area contributed by atoms with Crippen LogP contribution in [-0.2, 0) is 11.3 Å². The quantitative estimate of drug-likeness (QED) is 0.0602. The molecule has 2 aliphatic heterocycles. The summed E-state index contributed by atoms with van der Waals surface area (Å²) in [5, 5.41) is 18.3. The molecule has 57 heavy (non-hydrogen) atoms. The van der Waals surface area contributed by atoms with Crippen LogP contribution in [0, 0.1) is 5.92 Å². The summed E-state index contributed by atoms with van der Waals surface area (Å²) in [5.74, 6) is 1.04. The van der Waals surface area contributed by atoms with Crippen LogP contribution in [0.3, 0.4) is 0 Å². The first-order valence-corrected chi connectivity index (χ1v) is 20.6. The van der Waals surface area contributed by atoms with Crippen molar-refractivity contribution in [3.05, 3.63) is 131 Å². The van der Waals surface area contributed by atoms with Gasteiger partial charge in [-0.2, -0.15) is 0 Å². The molecule has 302 valence electrons. The fraction of sp³-hybridized carbons (Fsp3) is 0.404. The highest BCUT2D eigenvalue weighted by molar-refractivity contribution is 5.91. The number of rotatable bonds is 19. The number of aromatic amines is 1. The number of ether oxygens (including phenoxy) is 2. The Morgan fingerprint density at radius 3 is 2.32 bits per heavy atom. The minimum absolute atomic E-state index is 0. The lowest BCUT2D eigenvalue weighted by atomic mass is 9.95. The van der Waals surface area contributed by atoms with E-state index in [0.717, 1.165) is 72.2 Å². The normalized spacial score (nSPS) is 19.1. The Bertz CT molecular complexity index is 2080. The second-order valence-corrected chi connectivity index (χ2v) is 15.7. The molecule has 3 unspecified atom stereocenters. The molecule has 2 aliphatic rings. The van der Waals surface area contributed by atoms with Crippen LogP contribution in [0.2, 0.25) is 0 Å². The third kappa shape index (κ3) is 11.3. The number of hydrogen-bond donors (Lipinski definition) is 4. The number of para-hydroxylation sites is 1. The molecule has 0 aliphatic carbocycles. The van der Waals surface area contributed by atoms with Crippen LogP contribution in [0.15, 0.2) is 114 Å². The van der Waals surface area contributed by atoms with Gasteiger partial charge in [-0.1, -0.05) is 111 Å². The number of hydrogen-bond acceptors (Lipinski definition) is 6. The molecule has 4 N–H and O–H groups in total. The number of aliphatic hydroxyl groups excluding tert-OH is 1. The number of amides is 1. The summed E-state index contributed by atoms with van der Waals surface area (Å²) in [6.45, 7) is 6.37. The molecular weight excluding hydrogens is 780 g/mol. The number of carbonyl (C=O) groups excluding carboxylic acids is 1. The smallest absolute Gasteiger partial charge is 0.411 e. The number of H-pyrrole nitrogens is 1. The predicted octanol–water partition coefficient (Wildman–Crippen LogP) is 5.99. The largest absolute Gasteiger partial charge is 1.00 e. The molecule has 3 heterocycles. The van der Waals surface area contributed by atoms with E-state index in [1.165, 1.54) is 62.2 Å². The van der Waals surface area contributed by atoms with Gasteiger partial charge in [0.2, 0.25) is 5.56 Å². The number of nitrogens with zero attached hydrogens (tertiary/aromatic N) is 1. The Labute approximate surface area is 347 Å². The summed E-state index contributed by atoms with van der Waals surface area (Å²) < 4.78 is 13.3. The van der Waals surface area contributed by atoms with Crippen molar-refractivity contribution >= 4 is 22.7 Å². The Kier molecular flexibility index (Phi) is 15.4. The third-order valence-corrected chi connectivity index (χ3v) is 11.8. The summed E-state index contributed by atoms with van der Waals surface area (Å²) in [7, 11) is 0. The third-order valence-electron chi connectivity index (χ3n) is 11.8. The minimum atomic E-state index is -0.699. The number of aromatic nitrogens is 1. The molecule has 4 aromatic carbocycles. The van der Waals surface area contributed by atoms with Crippen LogP contribution < -0.4 is 37.9 Å². The van der Waals surface area contributed by atoms with Crippen LogP contribution in [-0.4, -0.2) is 66.0 Å². The standard InChI is InChI=1S/C47H56N4O5.BrH/c52-42(39-22-24-44(46-40(39)23-25-45(53)50-46)55-34-35-16-8-6-9-17-35)32-48-28-14-4-2-1-3-5-15-29-51-30-26-37(33-51)43(27-31-51)56-47(54)49-41-21-13-12-20-38(41)36-18-10-7-11-19-36;/h6-13,16-25,37,42-43,48,52H,1-5,14-15,26-34H2,(H-,49,50,53,54);1H/t37?,42-,43?,51?;/m0./s1. The van der Waals surface area contributed by atoms with Gasteiger partial charge in [0.05, 0.1) is 49.4 Å². The van der Waals surface area contributed by atoms with Gasteiger partial charge in [-0.15, -0.1) is 0 Å². The van der Waals surface area contributed by atoms with Gasteiger partial charge in [0.15, 0.2) is 0 Å². The van der Waals surface area contributed by atoms with E-state index in [1.807, 2.05) is 84.9 Å². The maximum atomic E-state index is 13.0. The van der Waals surface area contributed by atoms with Gasteiger partial charge in [-0.25, -0.2) is 4.79 Å². The molecule has 10 heteroatoms. The van der Waals surface area contributed by atoms with Crippen LogP contribution in [0.5, 0.6) is 5.75 Å². The monoisotopic (exact) mass is 836 g/mol. The van der Waals surface area contributed by atoms with Gasteiger partial charge in [0, 0.05) is 36.4 Å². The topological polar surface area (TPSA) is 113 Å². The molecule has 9 nitrogen and oxygen atoms in total. The van der Waals surface area contributed by atoms with E-state index in [9.17, 15) is 14.7 Å². The summed E-state index contributed by atoms with van der Waals surface area (Å²) in [4.78, 5) is 28.1. The molecule has 1 amide bonds. The van der Waals surface area contributed by atoms with Crippen molar-refractivity contribution < 1.29 is 40.8 Å². The van der Waals surface area contributed by atoms with Crippen molar-refractivity contribution in [3.8, 4) is 16.9 Å². The summed E-state index contributed by atoms with van der Waals surface area (Å²) in [6.07, 6.45) is 9.57. The van der Waals surface area contributed by atoms with Crippen molar-refractivity contribution in [2.75, 3.05) is 44.6 Å². The number of aliphatic hydroxyl groups is 1. The Morgan fingerprint density at radius 2 is 1.51 bits per heavy atom. The summed E-state index contributed by atoms with van der Waals surface area (Å²) >= 11 is 0. The number of anilines is 1. The van der Waals surface area contributed by atoms with Crippen LogP contribution in [0.4, 0.5) is 10.5 Å². The molecule has 0 radical (unpaired) electrons. The highest BCUT2D eigenvalue weighted by Crippen LogP contribution is 2.37. The fourth-order valence-electron chi connectivity index (χ4n) is 8.80. The van der Waals surface area contributed by atoms with E-state index < -0.39 is 6.10 Å². The number of nitrogens with one attached hydrogen (secondary N) is 3. The average molecular weight is 838 g/mol.